The van der Waals surface area contributed by atoms with Gasteiger partial charge in [0.25, 0.3) is 5.22 Å². The largest absolute Gasteiger partial charge is 0.454 e. The molecule has 1 aliphatic heterocycles. The summed E-state index contributed by atoms with van der Waals surface area (Å²) in [5.41, 5.74) is 2.10. The molecule has 0 saturated carbocycles. The van der Waals surface area contributed by atoms with E-state index in [0.717, 1.165) is 17.1 Å². The SMILES string of the molecule is CC(C)=CCSc1nnc(-c2ccc3c(c2)OCO3)o1. The Hall–Kier alpha value is -1.95. The first-order valence-electron chi connectivity index (χ1n) is 6.22. The Balaban J connectivity index is 1.75. The number of hydrogen-bond acceptors (Lipinski definition) is 6. The molecule has 1 aromatic heterocycles. The molecule has 0 aliphatic carbocycles. The van der Waals surface area contributed by atoms with E-state index in [2.05, 4.69) is 30.1 Å². The van der Waals surface area contributed by atoms with Crippen LogP contribution in [0.15, 0.2) is 39.5 Å². The Morgan fingerprint density at radius 1 is 1.25 bits per heavy atom. The second-order valence-corrected chi connectivity index (χ2v) is 5.50. The van der Waals surface area contributed by atoms with Gasteiger partial charge in [0, 0.05) is 11.3 Å². The van der Waals surface area contributed by atoms with E-state index in [-0.39, 0.29) is 6.79 Å². The standard InChI is InChI=1S/C14H14N2O3S/c1-9(2)5-6-20-14-16-15-13(19-14)10-3-4-11-12(7-10)18-8-17-11/h3-5,7H,6,8H2,1-2H3. The third-order valence-corrected chi connectivity index (χ3v) is 3.47. The fraction of sp³-hybridized carbons (Fsp3) is 0.286. The van der Waals surface area contributed by atoms with E-state index >= 15 is 0 Å². The van der Waals surface area contributed by atoms with Gasteiger partial charge in [-0.1, -0.05) is 23.4 Å². The highest BCUT2D eigenvalue weighted by atomic mass is 32.2. The Bertz CT molecular complexity index is 648. The fourth-order valence-electron chi connectivity index (χ4n) is 1.69. The van der Waals surface area contributed by atoms with Crippen LogP contribution < -0.4 is 9.47 Å². The Morgan fingerprint density at radius 3 is 2.95 bits per heavy atom. The summed E-state index contributed by atoms with van der Waals surface area (Å²) < 4.78 is 16.2. The van der Waals surface area contributed by atoms with Crippen LogP contribution in [0.3, 0.4) is 0 Å². The highest BCUT2D eigenvalue weighted by Crippen LogP contribution is 2.35. The quantitative estimate of drug-likeness (QED) is 0.634. The molecular formula is C14H14N2O3S. The lowest BCUT2D eigenvalue weighted by Gasteiger charge is -1.97. The minimum absolute atomic E-state index is 0.256. The second kappa shape index (κ2) is 5.58. The van der Waals surface area contributed by atoms with E-state index < -0.39 is 0 Å². The van der Waals surface area contributed by atoms with Gasteiger partial charge in [0.1, 0.15) is 0 Å². The van der Waals surface area contributed by atoms with Crippen molar-refractivity contribution < 1.29 is 13.9 Å². The van der Waals surface area contributed by atoms with Gasteiger partial charge in [0.05, 0.1) is 0 Å². The van der Waals surface area contributed by atoms with Crippen molar-refractivity contribution in [1.82, 2.24) is 10.2 Å². The maximum atomic E-state index is 5.63. The predicted octanol–water partition coefficient (Wildman–Crippen LogP) is 3.52. The summed E-state index contributed by atoms with van der Waals surface area (Å²) in [6, 6.07) is 5.57. The number of aromatic nitrogens is 2. The molecule has 1 aliphatic rings. The number of fused-ring (bicyclic) bond motifs is 1. The predicted molar refractivity (Wildman–Crippen MR) is 76.0 cm³/mol. The second-order valence-electron chi connectivity index (χ2n) is 4.53. The van der Waals surface area contributed by atoms with E-state index in [1.54, 1.807) is 0 Å². The van der Waals surface area contributed by atoms with E-state index in [0.29, 0.717) is 16.9 Å². The molecule has 5 nitrogen and oxygen atoms in total. The van der Waals surface area contributed by atoms with E-state index in [4.69, 9.17) is 13.9 Å². The molecule has 0 atom stereocenters. The maximum absolute atomic E-state index is 5.63. The molecule has 1 aromatic carbocycles. The van der Waals surface area contributed by atoms with Gasteiger partial charge in [0.2, 0.25) is 12.7 Å². The van der Waals surface area contributed by atoms with E-state index in [1.165, 1.54) is 17.3 Å². The molecule has 104 valence electrons. The Kier molecular flexibility index (Phi) is 3.64. The molecule has 3 rings (SSSR count). The average Bonchev–Trinajstić information content (AvgIpc) is 3.05. The van der Waals surface area contributed by atoms with Gasteiger partial charge in [-0.3, -0.25) is 0 Å². The third kappa shape index (κ3) is 2.80. The summed E-state index contributed by atoms with van der Waals surface area (Å²) >= 11 is 1.52. The van der Waals surface area contributed by atoms with Gasteiger partial charge in [-0.15, -0.1) is 10.2 Å². The van der Waals surface area contributed by atoms with E-state index in [9.17, 15) is 0 Å². The summed E-state index contributed by atoms with van der Waals surface area (Å²) in [6.07, 6.45) is 2.12. The van der Waals surface area contributed by atoms with Crippen molar-refractivity contribution in [1.29, 1.82) is 0 Å². The Labute approximate surface area is 121 Å². The van der Waals surface area contributed by atoms with Crippen LogP contribution in [0, 0.1) is 0 Å². The third-order valence-electron chi connectivity index (χ3n) is 2.72. The van der Waals surface area contributed by atoms with Gasteiger partial charge < -0.3 is 13.9 Å². The molecule has 0 unspecified atom stereocenters. The first kappa shape index (κ1) is 13.1. The number of ether oxygens (including phenoxy) is 2. The van der Waals surface area contributed by atoms with Gasteiger partial charge >= 0.3 is 0 Å². The zero-order valence-corrected chi connectivity index (χ0v) is 12.1. The van der Waals surface area contributed by atoms with Crippen LogP contribution in [-0.4, -0.2) is 22.7 Å². The molecule has 0 radical (unpaired) electrons. The summed E-state index contributed by atoms with van der Waals surface area (Å²) in [6.45, 7) is 4.38. The monoisotopic (exact) mass is 290 g/mol. The minimum atomic E-state index is 0.256. The summed E-state index contributed by atoms with van der Waals surface area (Å²) in [7, 11) is 0. The first-order valence-corrected chi connectivity index (χ1v) is 7.20. The van der Waals surface area contributed by atoms with Crippen LogP contribution in [0.4, 0.5) is 0 Å². The Morgan fingerprint density at radius 2 is 2.10 bits per heavy atom. The number of allylic oxidation sites excluding steroid dienone is 1. The van der Waals surface area contributed by atoms with Gasteiger partial charge in [0.15, 0.2) is 11.5 Å². The molecular weight excluding hydrogens is 276 g/mol. The van der Waals surface area contributed by atoms with Crippen LogP contribution in [0.2, 0.25) is 0 Å². The van der Waals surface area contributed by atoms with Crippen molar-refractivity contribution in [3.63, 3.8) is 0 Å². The molecule has 2 aromatic rings. The van der Waals surface area contributed by atoms with Crippen LogP contribution in [0.5, 0.6) is 11.5 Å². The zero-order chi connectivity index (χ0) is 13.9. The molecule has 20 heavy (non-hydrogen) atoms. The van der Waals surface area contributed by atoms with Crippen molar-refractivity contribution >= 4 is 11.8 Å². The summed E-state index contributed by atoms with van der Waals surface area (Å²) in [5, 5.41) is 8.65. The minimum Gasteiger partial charge on any atom is -0.454 e. The smallest absolute Gasteiger partial charge is 0.277 e. The van der Waals surface area contributed by atoms with Crippen molar-refractivity contribution in [2.24, 2.45) is 0 Å². The molecule has 2 heterocycles. The van der Waals surface area contributed by atoms with Crippen LogP contribution in [0.1, 0.15) is 13.8 Å². The van der Waals surface area contributed by atoms with Crippen LogP contribution >= 0.6 is 11.8 Å². The van der Waals surface area contributed by atoms with Crippen molar-refractivity contribution in [2.75, 3.05) is 12.5 Å². The van der Waals surface area contributed by atoms with Crippen LogP contribution in [-0.2, 0) is 0 Å². The van der Waals surface area contributed by atoms with Crippen molar-refractivity contribution in [3.05, 3.63) is 29.8 Å². The fourth-order valence-corrected chi connectivity index (χ4v) is 2.49. The van der Waals surface area contributed by atoms with Gasteiger partial charge in [-0.2, -0.15) is 0 Å². The zero-order valence-electron chi connectivity index (χ0n) is 11.3. The summed E-state index contributed by atoms with van der Waals surface area (Å²) in [5.74, 6) is 2.76. The molecule has 0 fully saturated rings. The van der Waals surface area contributed by atoms with Gasteiger partial charge in [-0.05, 0) is 32.0 Å². The number of hydrogen-bond donors (Lipinski definition) is 0. The summed E-state index contributed by atoms with van der Waals surface area (Å²) in [4.78, 5) is 0. The number of nitrogens with zero attached hydrogens (tertiary/aromatic N) is 2. The van der Waals surface area contributed by atoms with Crippen LogP contribution in [0.25, 0.3) is 11.5 Å². The lowest BCUT2D eigenvalue weighted by atomic mass is 10.2. The molecule has 0 bridgehead atoms. The highest BCUT2D eigenvalue weighted by Gasteiger charge is 2.16. The normalized spacial score (nSPS) is 12.5. The van der Waals surface area contributed by atoms with Crippen molar-refractivity contribution in [2.45, 2.75) is 19.1 Å². The van der Waals surface area contributed by atoms with E-state index in [1.807, 2.05) is 18.2 Å². The molecule has 0 amide bonds. The average molecular weight is 290 g/mol. The lowest BCUT2D eigenvalue weighted by Crippen LogP contribution is -1.92. The number of thioether (sulfide) groups is 1. The van der Waals surface area contributed by atoms with Gasteiger partial charge in [-0.25, -0.2) is 0 Å². The topological polar surface area (TPSA) is 57.4 Å². The molecule has 0 saturated heterocycles. The lowest BCUT2D eigenvalue weighted by molar-refractivity contribution is 0.174. The molecule has 6 heteroatoms. The first-order chi connectivity index (χ1) is 9.72. The maximum Gasteiger partial charge on any atom is 0.277 e. The number of benzene rings is 1. The molecule has 0 N–H and O–H groups in total. The highest BCUT2D eigenvalue weighted by molar-refractivity contribution is 7.99. The molecule has 0 spiro atoms. The van der Waals surface area contributed by atoms with Crippen molar-refractivity contribution in [3.8, 4) is 23.0 Å². The number of rotatable bonds is 4.